The molecule has 86 valence electrons. The average molecular weight is 225 g/mol. The van der Waals surface area contributed by atoms with Crippen LogP contribution < -0.4 is 5.32 Å². The lowest BCUT2D eigenvalue weighted by molar-refractivity contribution is -0.137. The van der Waals surface area contributed by atoms with Gasteiger partial charge in [-0.2, -0.15) is 0 Å². The molecule has 0 aliphatic heterocycles. The lowest BCUT2D eigenvalue weighted by Gasteiger charge is -2.00. The molecule has 1 rings (SSSR count). The van der Waals surface area contributed by atoms with Crippen LogP contribution in [-0.2, 0) is 9.53 Å². The Labute approximate surface area is 105 Å². The zero-order chi connectivity index (χ0) is 16.9. The first-order valence-electron chi connectivity index (χ1n) is 7.98. The molecule has 1 aromatic rings. The van der Waals surface area contributed by atoms with Gasteiger partial charge in [-0.1, -0.05) is 31.5 Å². The fourth-order valence-corrected chi connectivity index (χ4v) is 0.840. The van der Waals surface area contributed by atoms with Gasteiger partial charge in [-0.05, 0) is 18.5 Å². The van der Waals surface area contributed by atoms with Gasteiger partial charge in [-0.3, -0.25) is 0 Å². The maximum atomic E-state index is 11.5. The normalized spacial score (nSPS) is 16.2. The quantitative estimate of drug-likeness (QED) is 0.459. The van der Waals surface area contributed by atoms with Gasteiger partial charge in [0.25, 0.3) is 0 Å². The number of carbonyl (C=O) groups is 1. The van der Waals surface area contributed by atoms with E-state index in [1.807, 2.05) is 6.92 Å². The third-order valence-corrected chi connectivity index (χ3v) is 1.64. The topological polar surface area (TPSA) is 38.3 Å². The second kappa shape index (κ2) is 7.51. The van der Waals surface area contributed by atoms with Crippen LogP contribution in [0.4, 0.5) is 5.69 Å². The number of para-hydroxylation sites is 1. The van der Waals surface area contributed by atoms with Crippen LogP contribution >= 0.6 is 0 Å². The number of benzene rings is 1. The van der Waals surface area contributed by atoms with Crippen LogP contribution in [-0.4, -0.2) is 12.6 Å². The molecule has 0 bridgehead atoms. The van der Waals surface area contributed by atoms with E-state index in [-0.39, 0.29) is 12.3 Å². The van der Waals surface area contributed by atoms with Crippen LogP contribution in [0.1, 0.15) is 28.0 Å². The number of esters is 1. The van der Waals surface area contributed by atoms with Crippen LogP contribution in [0.2, 0.25) is 0 Å². The van der Waals surface area contributed by atoms with E-state index in [4.69, 9.17) is 13.0 Å². The van der Waals surface area contributed by atoms with Gasteiger partial charge in [0.05, 0.1) is 14.8 Å². The lowest BCUT2D eigenvalue weighted by atomic mass is 10.3. The zero-order valence-corrected chi connectivity index (χ0v) is 9.02. The third-order valence-electron chi connectivity index (χ3n) is 1.64. The number of carbonyl (C=O) groups excluding carboxylic acids is 1. The van der Waals surface area contributed by atoms with Crippen molar-refractivity contribution in [3.05, 3.63) is 42.5 Å². The van der Waals surface area contributed by atoms with E-state index in [9.17, 15) is 4.79 Å². The molecule has 0 fully saturated rings. The number of ether oxygens (including phenoxy) is 1. The van der Waals surface area contributed by atoms with E-state index in [0.29, 0.717) is 6.42 Å². The number of nitrogens with one attached hydrogen (secondary N) is 1. The van der Waals surface area contributed by atoms with Crippen molar-refractivity contribution in [1.82, 2.24) is 0 Å². The van der Waals surface area contributed by atoms with Crippen molar-refractivity contribution in [1.29, 1.82) is 0 Å². The van der Waals surface area contributed by atoms with E-state index >= 15 is 0 Å². The van der Waals surface area contributed by atoms with Crippen molar-refractivity contribution in [2.45, 2.75) is 19.8 Å². The fraction of sp³-hybridized carbons (Fsp3) is 0.308. The molecule has 1 N–H and O–H groups in total. The Bertz CT molecular complexity index is 574. The van der Waals surface area contributed by atoms with E-state index < -0.39 is 42.2 Å². The first-order valence-corrected chi connectivity index (χ1v) is 4.98. The molecule has 3 nitrogen and oxygen atoms in total. The molecule has 0 aliphatic rings. The summed E-state index contributed by atoms with van der Waals surface area (Å²) in [5.41, 5.74) is -0.197. The summed E-state index contributed by atoms with van der Waals surface area (Å²) in [5, 5.41) is 2.41. The summed E-state index contributed by atoms with van der Waals surface area (Å²) in [6.45, 7) is 2.14. The molecule has 0 aliphatic carbocycles. The van der Waals surface area contributed by atoms with Crippen molar-refractivity contribution in [2.75, 3.05) is 11.9 Å². The van der Waals surface area contributed by atoms with E-state index in [1.54, 1.807) is 0 Å². The lowest BCUT2D eigenvalue weighted by Crippen LogP contribution is -2.02. The van der Waals surface area contributed by atoms with Crippen molar-refractivity contribution >= 4 is 11.7 Å². The van der Waals surface area contributed by atoms with Crippen molar-refractivity contribution in [2.24, 2.45) is 0 Å². The van der Waals surface area contributed by atoms with Crippen molar-refractivity contribution < 1.29 is 17.8 Å². The van der Waals surface area contributed by atoms with Crippen LogP contribution in [0.15, 0.2) is 42.5 Å². The number of anilines is 1. The SMILES string of the molecule is [2H]/C(=C/Nc1c([2H])c([2H])c([2H])c([2H])c1[2H])C(=O)OCCCC. The zero-order valence-electron chi connectivity index (χ0n) is 15.0. The van der Waals surface area contributed by atoms with E-state index in [1.165, 1.54) is 0 Å². The first-order chi connectivity index (χ1) is 10.3. The van der Waals surface area contributed by atoms with Gasteiger partial charge in [0, 0.05) is 17.9 Å². The molecule has 0 unspecified atom stereocenters. The highest BCUT2D eigenvalue weighted by Crippen LogP contribution is 2.04. The predicted molar refractivity (Wildman–Crippen MR) is 65.1 cm³/mol. The Balaban J connectivity index is 2.92. The molecule has 16 heavy (non-hydrogen) atoms. The van der Waals surface area contributed by atoms with Crippen LogP contribution in [0.5, 0.6) is 0 Å². The highest BCUT2D eigenvalue weighted by atomic mass is 16.5. The Morgan fingerprint density at radius 3 is 3.00 bits per heavy atom. The fourth-order valence-electron chi connectivity index (χ4n) is 0.840. The second-order valence-corrected chi connectivity index (χ2v) is 2.92. The molecule has 0 spiro atoms. The predicted octanol–water partition coefficient (Wildman–Crippen LogP) is 2.96. The molecular formula is C13H17NO2. The molecule has 1 aromatic carbocycles. The third kappa shape index (κ3) is 5.20. The highest BCUT2D eigenvalue weighted by Gasteiger charge is 1.94. The van der Waals surface area contributed by atoms with Gasteiger partial charge in [-0.25, -0.2) is 4.79 Å². The Morgan fingerprint density at radius 1 is 1.56 bits per heavy atom. The maximum absolute atomic E-state index is 11.5. The van der Waals surface area contributed by atoms with Gasteiger partial charge < -0.3 is 10.1 Å². The molecule has 0 aromatic heterocycles. The highest BCUT2D eigenvalue weighted by molar-refractivity contribution is 5.82. The maximum Gasteiger partial charge on any atom is 0.332 e. The number of unbranched alkanes of at least 4 members (excludes halogenated alkanes) is 1. The van der Waals surface area contributed by atoms with Crippen LogP contribution in [0.25, 0.3) is 0 Å². The Morgan fingerprint density at radius 2 is 2.31 bits per heavy atom. The number of rotatable bonds is 6. The molecule has 3 heteroatoms. The van der Waals surface area contributed by atoms with Crippen molar-refractivity contribution in [3.63, 3.8) is 0 Å². The summed E-state index contributed by atoms with van der Waals surface area (Å²) in [5.74, 6) is -0.840. The standard InChI is InChI=1S/C13H17NO2/c1-2-3-11-16-13(15)9-10-14-12-7-5-4-6-8-12/h4-10,14H,2-3,11H2,1H3/b10-9-/i4D,5D,6D,7D,8D,9D. The van der Waals surface area contributed by atoms with Gasteiger partial charge in [0.1, 0.15) is 0 Å². The minimum atomic E-state index is -0.840. The molecule has 0 atom stereocenters. The minimum Gasteiger partial charge on any atom is -0.462 e. The molecule has 0 saturated carbocycles. The van der Waals surface area contributed by atoms with Gasteiger partial charge in [-0.15, -0.1) is 0 Å². The monoisotopic (exact) mass is 225 g/mol. The molecule has 0 radical (unpaired) electrons. The summed E-state index contributed by atoms with van der Waals surface area (Å²) < 4.78 is 50.2. The van der Waals surface area contributed by atoms with Gasteiger partial charge >= 0.3 is 5.97 Å². The number of hydrogen-bond donors (Lipinski definition) is 1. The first kappa shape index (κ1) is 6.09. The smallest absolute Gasteiger partial charge is 0.332 e. The summed E-state index contributed by atoms with van der Waals surface area (Å²) in [6.07, 6.45) is 2.49. The Hall–Kier alpha value is -1.77. The molecule has 0 saturated heterocycles. The second-order valence-electron chi connectivity index (χ2n) is 2.92. The summed E-state index contributed by atoms with van der Waals surface area (Å²) in [4.78, 5) is 11.5. The summed E-state index contributed by atoms with van der Waals surface area (Å²) >= 11 is 0. The van der Waals surface area contributed by atoms with Crippen LogP contribution in [0, 0.1) is 0 Å². The van der Waals surface area contributed by atoms with Crippen LogP contribution in [0.3, 0.4) is 0 Å². The van der Waals surface area contributed by atoms with Gasteiger partial charge in [0.2, 0.25) is 0 Å². The summed E-state index contributed by atoms with van der Waals surface area (Å²) in [7, 11) is 0. The number of hydrogen-bond acceptors (Lipinski definition) is 3. The summed E-state index contributed by atoms with van der Waals surface area (Å²) in [6, 6.07) is -2.86. The van der Waals surface area contributed by atoms with E-state index in [2.05, 4.69) is 5.32 Å². The molecule has 0 heterocycles. The average Bonchev–Trinajstić information content (AvgIpc) is 2.50. The van der Waals surface area contributed by atoms with Crippen molar-refractivity contribution in [3.8, 4) is 0 Å². The largest absolute Gasteiger partial charge is 0.462 e. The molecular weight excluding hydrogens is 202 g/mol. The minimum absolute atomic E-state index is 0.197. The Kier molecular flexibility index (Phi) is 2.86. The molecule has 0 amide bonds. The van der Waals surface area contributed by atoms with Gasteiger partial charge in [0.15, 0.2) is 0 Å². The van der Waals surface area contributed by atoms with E-state index in [0.717, 1.165) is 12.6 Å².